The molecule has 25 heavy (non-hydrogen) atoms. The zero-order valence-corrected chi connectivity index (χ0v) is 13.7. The highest BCUT2D eigenvalue weighted by molar-refractivity contribution is 6.13. The van der Waals surface area contributed by atoms with Crippen LogP contribution in [0.4, 0.5) is 0 Å². The molecular weight excluding hydrogens is 304 g/mol. The van der Waals surface area contributed by atoms with E-state index >= 15 is 0 Å². The summed E-state index contributed by atoms with van der Waals surface area (Å²) < 4.78 is 2.38. The number of aromatic nitrogens is 2. The van der Waals surface area contributed by atoms with E-state index in [1.54, 1.807) is 0 Å². The van der Waals surface area contributed by atoms with E-state index < -0.39 is 0 Å². The normalized spacial score (nSPS) is 13.3. The van der Waals surface area contributed by atoms with E-state index in [1.807, 2.05) is 0 Å². The Hall–Kier alpha value is -3.13. The van der Waals surface area contributed by atoms with E-state index in [0.29, 0.717) is 0 Å². The van der Waals surface area contributed by atoms with Crippen molar-refractivity contribution in [1.82, 2.24) is 9.38 Å². The van der Waals surface area contributed by atoms with Crippen molar-refractivity contribution >= 4 is 27.3 Å². The van der Waals surface area contributed by atoms with Crippen LogP contribution in [0.15, 0.2) is 72.9 Å². The largest absolute Gasteiger partial charge is 0.296 e. The van der Waals surface area contributed by atoms with Gasteiger partial charge in [-0.3, -0.25) is 4.40 Å². The molecule has 0 unspecified atom stereocenters. The van der Waals surface area contributed by atoms with Crippen molar-refractivity contribution in [1.29, 1.82) is 0 Å². The van der Waals surface area contributed by atoms with Crippen molar-refractivity contribution in [3.05, 3.63) is 84.2 Å². The number of fused-ring (bicyclic) bond motifs is 3. The van der Waals surface area contributed by atoms with Gasteiger partial charge in [-0.2, -0.15) is 0 Å². The molecule has 0 saturated carbocycles. The molecule has 118 valence electrons. The SMILES string of the molecule is c1ccc(-c2cc3c4c(c2)c2ccccc2c2ncc(n24)CC3)cc1. The summed E-state index contributed by atoms with van der Waals surface area (Å²) in [6.45, 7) is 0. The summed E-state index contributed by atoms with van der Waals surface area (Å²) in [7, 11) is 0. The van der Waals surface area contributed by atoms with Gasteiger partial charge in [0.05, 0.1) is 5.52 Å². The molecule has 3 heterocycles. The molecule has 3 aromatic carbocycles. The lowest BCUT2D eigenvalue weighted by molar-refractivity contribution is 0.877. The number of rotatable bonds is 1. The smallest absolute Gasteiger partial charge is 0.145 e. The van der Waals surface area contributed by atoms with Crippen LogP contribution in [0.2, 0.25) is 0 Å². The van der Waals surface area contributed by atoms with Crippen LogP contribution in [0.3, 0.4) is 0 Å². The molecule has 0 saturated heterocycles. The highest BCUT2D eigenvalue weighted by Gasteiger charge is 2.20. The monoisotopic (exact) mass is 320 g/mol. The van der Waals surface area contributed by atoms with Gasteiger partial charge in [0, 0.05) is 22.7 Å². The molecule has 0 fully saturated rings. The summed E-state index contributed by atoms with van der Waals surface area (Å²) in [5.74, 6) is 0. The number of benzene rings is 3. The van der Waals surface area contributed by atoms with Crippen molar-refractivity contribution in [2.45, 2.75) is 12.8 Å². The van der Waals surface area contributed by atoms with E-state index in [9.17, 15) is 0 Å². The molecule has 0 radical (unpaired) electrons. The minimum absolute atomic E-state index is 1.06. The molecule has 2 nitrogen and oxygen atoms in total. The lowest BCUT2D eigenvalue weighted by atomic mass is 9.93. The summed E-state index contributed by atoms with van der Waals surface area (Å²) in [6, 6.07) is 24.1. The Morgan fingerprint density at radius 1 is 0.720 bits per heavy atom. The summed E-state index contributed by atoms with van der Waals surface area (Å²) >= 11 is 0. The first-order valence-electron chi connectivity index (χ1n) is 8.79. The molecule has 0 atom stereocenters. The fraction of sp³-hybridized carbons (Fsp3) is 0.0870. The summed E-state index contributed by atoms with van der Waals surface area (Å²) in [5.41, 5.74) is 7.76. The van der Waals surface area contributed by atoms with E-state index in [4.69, 9.17) is 4.98 Å². The van der Waals surface area contributed by atoms with Crippen LogP contribution in [0.5, 0.6) is 0 Å². The van der Waals surface area contributed by atoms with Crippen molar-refractivity contribution < 1.29 is 0 Å². The van der Waals surface area contributed by atoms with Crippen molar-refractivity contribution in [2.75, 3.05) is 0 Å². The van der Waals surface area contributed by atoms with Gasteiger partial charge in [0.15, 0.2) is 0 Å². The molecule has 0 amide bonds. The number of pyridine rings is 1. The number of imidazole rings is 1. The van der Waals surface area contributed by atoms with Gasteiger partial charge >= 0.3 is 0 Å². The second-order valence-corrected chi connectivity index (χ2v) is 6.85. The average Bonchev–Trinajstić information content (AvgIpc) is 3.13. The van der Waals surface area contributed by atoms with Gasteiger partial charge in [0.25, 0.3) is 0 Å². The Labute approximate surface area is 145 Å². The molecule has 0 bridgehead atoms. The Morgan fingerprint density at radius 3 is 2.40 bits per heavy atom. The molecule has 0 aliphatic carbocycles. The Bertz CT molecular complexity index is 1280. The van der Waals surface area contributed by atoms with Gasteiger partial charge in [-0.25, -0.2) is 4.98 Å². The van der Waals surface area contributed by atoms with Gasteiger partial charge in [-0.15, -0.1) is 0 Å². The third-order valence-corrected chi connectivity index (χ3v) is 5.46. The molecular formula is C23H16N2. The second-order valence-electron chi connectivity index (χ2n) is 6.85. The van der Waals surface area contributed by atoms with E-state index in [2.05, 4.69) is 77.3 Å². The van der Waals surface area contributed by atoms with Crippen molar-refractivity contribution in [2.24, 2.45) is 0 Å². The number of nitrogens with zero attached hydrogens (tertiary/aromatic N) is 2. The van der Waals surface area contributed by atoms with Crippen LogP contribution in [-0.2, 0) is 12.8 Å². The van der Waals surface area contributed by atoms with Gasteiger partial charge in [0.1, 0.15) is 5.65 Å². The fourth-order valence-electron chi connectivity index (χ4n) is 4.33. The highest BCUT2D eigenvalue weighted by atomic mass is 15.0. The third kappa shape index (κ3) is 1.71. The summed E-state index contributed by atoms with van der Waals surface area (Å²) in [5, 5.41) is 3.86. The van der Waals surface area contributed by atoms with Gasteiger partial charge in [0.2, 0.25) is 0 Å². The Balaban J connectivity index is 1.87. The standard InChI is InChI=1S/C23H16N2/c1-2-6-15(7-3-1)17-12-16-10-11-18-14-24-23-20-9-5-4-8-19(20)21(13-17)22(16)25(18)23/h1-9,12-14H,10-11H2. The number of hydrogen-bond acceptors (Lipinski definition) is 1. The van der Waals surface area contributed by atoms with Crippen LogP contribution >= 0.6 is 0 Å². The molecule has 1 aliphatic rings. The van der Waals surface area contributed by atoms with Crippen LogP contribution in [0, 0.1) is 0 Å². The van der Waals surface area contributed by atoms with E-state index in [1.165, 1.54) is 44.1 Å². The lowest BCUT2D eigenvalue weighted by Gasteiger charge is -2.20. The zero-order valence-electron chi connectivity index (χ0n) is 13.7. The maximum Gasteiger partial charge on any atom is 0.145 e. The Morgan fingerprint density at radius 2 is 1.52 bits per heavy atom. The van der Waals surface area contributed by atoms with Crippen LogP contribution in [0.25, 0.3) is 38.4 Å². The minimum Gasteiger partial charge on any atom is -0.296 e. The van der Waals surface area contributed by atoms with E-state index in [-0.39, 0.29) is 0 Å². The van der Waals surface area contributed by atoms with Crippen molar-refractivity contribution in [3.8, 4) is 11.1 Å². The fourth-order valence-corrected chi connectivity index (χ4v) is 4.33. The number of aryl methyl sites for hydroxylation is 2. The van der Waals surface area contributed by atoms with Gasteiger partial charge in [-0.05, 0) is 47.1 Å². The van der Waals surface area contributed by atoms with Gasteiger partial charge in [-0.1, -0.05) is 54.6 Å². The first-order valence-corrected chi connectivity index (χ1v) is 8.79. The zero-order chi connectivity index (χ0) is 16.4. The molecule has 0 N–H and O–H groups in total. The molecule has 2 heteroatoms. The minimum atomic E-state index is 1.06. The summed E-state index contributed by atoms with van der Waals surface area (Å²) in [6.07, 6.45) is 4.19. The molecule has 5 aromatic rings. The topological polar surface area (TPSA) is 17.3 Å². The Kier molecular flexibility index (Phi) is 2.48. The van der Waals surface area contributed by atoms with E-state index in [0.717, 1.165) is 18.5 Å². The molecule has 0 spiro atoms. The highest BCUT2D eigenvalue weighted by Crippen LogP contribution is 2.37. The number of hydrogen-bond donors (Lipinski definition) is 0. The maximum atomic E-state index is 4.74. The predicted octanol–water partition coefficient (Wildman–Crippen LogP) is 5.41. The predicted molar refractivity (Wildman–Crippen MR) is 103 cm³/mol. The maximum absolute atomic E-state index is 4.74. The first-order chi connectivity index (χ1) is 12.4. The summed E-state index contributed by atoms with van der Waals surface area (Å²) in [4.78, 5) is 4.74. The second kappa shape index (κ2) is 4.70. The quantitative estimate of drug-likeness (QED) is 0.378. The molecule has 1 aliphatic heterocycles. The van der Waals surface area contributed by atoms with Crippen LogP contribution < -0.4 is 0 Å². The lowest BCUT2D eigenvalue weighted by Crippen LogP contribution is -2.07. The van der Waals surface area contributed by atoms with Crippen molar-refractivity contribution in [3.63, 3.8) is 0 Å². The molecule has 2 aromatic heterocycles. The van der Waals surface area contributed by atoms with Crippen LogP contribution in [-0.4, -0.2) is 9.38 Å². The third-order valence-electron chi connectivity index (χ3n) is 5.46. The first kappa shape index (κ1) is 13.2. The van der Waals surface area contributed by atoms with Crippen LogP contribution in [0.1, 0.15) is 11.3 Å². The molecule has 6 rings (SSSR count). The average molecular weight is 320 g/mol. The van der Waals surface area contributed by atoms with Gasteiger partial charge < -0.3 is 0 Å².